The highest BCUT2D eigenvalue weighted by molar-refractivity contribution is 6.22. The van der Waals surface area contributed by atoms with Crippen LogP contribution in [0.4, 0.5) is 8.78 Å². The molecule has 0 fully saturated rings. The SMILES string of the molecule is COc1ccc(C(Cl)c2cc(F)cc(F)c2)cc1OC. The molecule has 1 unspecified atom stereocenters. The Bertz CT molecular complexity index is 597. The van der Waals surface area contributed by atoms with Crippen molar-refractivity contribution in [1.82, 2.24) is 0 Å². The van der Waals surface area contributed by atoms with Gasteiger partial charge in [0, 0.05) is 6.07 Å². The molecule has 0 saturated heterocycles. The molecule has 0 aliphatic carbocycles. The van der Waals surface area contributed by atoms with E-state index in [4.69, 9.17) is 21.1 Å². The molecule has 2 aromatic rings. The van der Waals surface area contributed by atoms with Crippen LogP contribution in [0.2, 0.25) is 0 Å². The van der Waals surface area contributed by atoms with E-state index in [1.807, 2.05) is 0 Å². The molecule has 106 valence electrons. The van der Waals surface area contributed by atoms with E-state index in [1.165, 1.54) is 26.4 Å². The van der Waals surface area contributed by atoms with Crippen LogP contribution in [0.3, 0.4) is 0 Å². The van der Waals surface area contributed by atoms with Crippen LogP contribution in [-0.4, -0.2) is 14.2 Å². The minimum absolute atomic E-state index is 0.344. The van der Waals surface area contributed by atoms with Crippen molar-refractivity contribution in [2.24, 2.45) is 0 Å². The number of hydrogen-bond donors (Lipinski definition) is 0. The summed E-state index contributed by atoms with van der Waals surface area (Å²) in [6, 6.07) is 8.32. The van der Waals surface area contributed by atoms with Gasteiger partial charge in [0.25, 0.3) is 0 Å². The summed E-state index contributed by atoms with van der Waals surface area (Å²) in [5.74, 6) is -0.254. The molecule has 0 radical (unpaired) electrons. The van der Waals surface area contributed by atoms with Crippen molar-refractivity contribution < 1.29 is 18.3 Å². The molecule has 0 saturated carbocycles. The molecule has 5 heteroatoms. The first-order valence-electron chi connectivity index (χ1n) is 5.87. The number of ether oxygens (including phenoxy) is 2. The lowest BCUT2D eigenvalue weighted by atomic mass is 10.0. The molecule has 2 rings (SSSR count). The smallest absolute Gasteiger partial charge is 0.161 e. The summed E-state index contributed by atoms with van der Waals surface area (Å²) in [7, 11) is 3.03. The summed E-state index contributed by atoms with van der Waals surface area (Å²) in [5, 5.41) is -0.681. The molecule has 2 nitrogen and oxygen atoms in total. The Kier molecular flexibility index (Phi) is 4.45. The van der Waals surface area contributed by atoms with E-state index in [1.54, 1.807) is 18.2 Å². The Hall–Kier alpha value is -1.81. The second kappa shape index (κ2) is 6.09. The van der Waals surface area contributed by atoms with Gasteiger partial charge in [-0.05, 0) is 35.4 Å². The summed E-state index contributed by atoms with van der Waals surface area (Å²) < 4.78 is 36.8. The van der Waals surface area contributed by atoms with E-state index >= 15 is 0 Å². The van der Waals surface area contributed by atoms with Gasteiger partial charge in [0.15, 0.2) is 11.5 Å². The van der Waals surface area contributed by atoms with Crippen LogP contribution < -0.4 is 9.47 Å². The summed E-state index contributed by atoms with van der Waals surface area (Å²) in [6.07, 6.45) is 0. The molecule has 0 aliphatic heterocycles. The Balaban J connectivity index is 2.39. The first-order chi connectivity index (χ1) is 9.55. The van der Waals surface area contributed by atoms with E-state index < -0.39 is 17.0 Å². The number of methoxy groups -OCH3 is 2. The molecule has 1 atom stereocenters. The number of rotatable bonds is 4. The minimum Gasteiger partial charge on any atom is -0.493 e. The van der Waals surface area contributed by atoms with Crippen LogP contribution in [0.15, 0.2) is 36.4 Å². The number of alkyl halides is 1. The molecular formula is C15H13ClF2O2. The normalized spacial score (nSPS) is 12.1. The van der Waals surface area contributed by atoms with Gasteiger partial charge >= 0.3 is 0 Å². The predicted molar refractivity (Wildman–Crippen MR) is 73.6 cm³/mol. The van der Waals surface area contributed by atoms with Crippen molar-refractivity contribution in [3.63, 3.8) is 0 Å². The fourth-order valence-electron chi connectivity index (χ4n) is 1.92. The molecule has 0 amide bonds. The van der Waals surface area contributed by atoms with Gasteiger partial charge in [0.05, 0.1) is 19.6 Å². The first-order valence-corrected chi connectivity index (χ1v) is 6.30. The monoisotopic (exact) mass is 298 g/mol. The summed E-state index contributed by atoms with van der Waals surface area (Å²) in [5.41, 5.74) is 1.01. The van der Waals surface area contributed by atoms with E-state index in [9.17, 15) is 8.78 Å². The second-order valence-electron chi connectivity index (χ2n) is 4.18. The van der Waals surface area contributed by atoms with Crippen molar-refractivity contribution in [3.8, 4) is 11.5 Å². The third-order valence-electron chi connectivity index (χ3n) is 2.88. The Labute approximate surface area is 120 Å². The van der Waals surface area contributed by atoms with Crippen LogP contribution in [0.25, 0.3) is 0 Å². The fourth-order valence-corrected chi connectivity index (χ4v) is 2.19. The zero-order valence-corrected chi connectivity index (χ0v) is 11.7. The third kappa shape index (κ3) is 3.02. The van der Waals surface area contributed by atoms with Gasteiger partial charge in [-0.15, -0.1) is 11.6 Å². The highest BCUT2D eigenvalue weighted by Gasteiger charge is 2.15. The lowest BCUT2D eigenvalue weighted by Crippen LogP contribution is -1.98. The maximum atomic E-state index is 13.2. The molecule has 0 aliphatic rings. The molecule has 20 heavy (non-hydrogen) atoms. The number of benzene rings is 2. The fraction of sp³-hybridized carbons (Fsp3) is 0.200. The van der Waals surface area contributed by atoms with Crippen LogP contribution in [0.5, 0.6) is 11.5 Å². The van der Waals surface area contributed by atoms with E-state index in [2.05, 4.69) is 0 Å². The molecule has 0 N–H and O–H groups in total. The molecular weight excluding hydrogens is 286 g/mol. The van der Waals surface area contributed by atoms with Crippen molar-refractivity contribution >= 4 is 11.6 Å². The van der Waals surface area contributed by atoms with Crippen LogP contribution >= 0.6 is 11.6 Å². The van der Waals surface area contributed by atoms with Gasteiger partial charge in [-0.1, -0.05) is 6.07 Å². The quantitative estimate of drug-likeness (QED) is 0.783. The van der Waals surface area contributed by atoms with Gasteiger partial charge in [-0.2, -0.15) is 0 Å². The van der Waals surface area contributed by atoms with E-state index in [0.717, 1.165) is 6.07 Å². The maximum Gasteiger partial charge on any atom is 0.161 e. The van der Waals surface area contributed by atoms with Crippen LogP contribution in [0, 0.1) is 11.6 Å². The topological polar surface area (TPSA) is 18.5 Å². The lowest BCUT2D eigenvalue weighted by Gasteiger charge is -2.14. The average Bonchev–Trinajstić information content (AvgIpc) is 2.44. The second-order valence-corrected chi connectivity index (χ2v) is 4.62. The Morgan fingerprint density at radius 2 is 1.45 bits per heavy atom. The largest absolute Gasteiger partial charge is 0.493 e. The van der Waals surface area contributed by atoms with Crippen molar-refractivity contribution in [2.75, 3.05) is 14.2 Å². The van der Waals surface area contributed by atoms with E-state index in [-0.39, 0.29) is 0 Å². The van der Waals surface area contributed by atoms with Crippen LogP contribution in [-0.2, 0) is 0 Å². The number of hydrogen-bond acceptors (Lipinski definition) is 2. The minimum atomic E-state index is -0.681. The molecule has 0 bridgehead atoms. The summed E-state index contributed by atoms with van der Waals surface area (Å²) in [4.78, 5) is 0. The average molecular weight is 299 g/mol. The Morgan fingerprint density at radius 1 is 0.850 bits per heavy atom. The first kappa shape index (κ1) is 14.6. The van der Waals surface area contributed by atoms with Gasteiger partial charge < -0.3 is 9.47 Å². The molecule has 0 spiro atoms. The van der Waals surface area contributed by atoms with Crippen molar-refractivity contribution in [2.45, 2.75) is 5.38 Å². The molecule has 0 heterocycles. The standard InChI is InChI=1S/C15H13ClF2O2/c1-19-13-4-3-9(7-14(13)20-2)15(16)10-5-11(17)8-12(18)6-10/h3-8,15H,1-2H3. The van der Waals surface area contributed by atoms with Gasteiger partial charge in [0.2, 0.25) is 0 Å². The highest BCUT2D eigenvalue weighted by Crippen LogP contribution is 2.35. The highest BCUT2D eigenvalue weighted by atomic mass is 35.5. The van der Waals surface area contributed by atoms with E-state index in [0.29, 0.717) is 22.6 Å². The zero-order valence-electron chi connectivity index (χ0n) is 11.0. The Morgan fingerprint density at radius 3 is 2.00 bits per heavy atom. The molecule has 2 aromatic carbocycles. The maximum absolute atomic E-state index is 13.2. The molecule has 0 aromatic heterocycles. The summed E-state index contributed by atoms with van der Waals surface area (Å²) >= 11 is 6.27. The van der Waals surface area contributed by atoms with Gasteiger partial charge in [-0.25, -0.2) is 8.78 Å². The number of halogens is 3. The van der Waals surface area contributed by atoms with Gasteiger partial charge in [-0.3, -0.25) is 0 Å². The van der Waals surface area contributed by atoms with Crippen LogP contribution in [0.1, 0.15) is 16.5 Å². The van der Waals surface area contributed by atoms with Crippen molar-refractivity contribution in [1.29, 1.82) is 0 Å². The third-order valence-corrected chi connectivity index (χ3v) is 3.38. The zero-order chi connectivity index (χ0) is 14.7. The van der Waals surface area contributed by atoms with Gasteiger partial charge in [0.1, 0.15) is 11.6 Å². The predicted octanol–water partition coefficient (Wildman–Crippen LogP) is 4.31. The van der Waals surface area contributed by atoms with Crippen molar-refractivity contribution in [3.05, 3.63) is 59.2 Å². The summed E-state index contributed by atoms with van der Waals surface area (Å²) in [6.45, 7) is 0. The lowest BCUT2D eigenvalue weighted by molar-refractivity contribution is 0.354.